The van der Waals surface area contributed by atoms with E-state index >= 15 is 4.39 Å². The van der Waals surface area contributed by atoms with Crippen LogP contribution in [0.25, 0.3) is 33.7 Å². The van der Waals surface area contributed by atoms with Crippen LogP contribution in [0.5, 0.6) is 5.75 Å². The van der Waals surface area contributed by atoms with Crippen LogP contribution in [0.3, 0.4) is 0 Å². The molecule has 0 unspecified atom stereocenters. The molecule has 4 heteroatoms. The maximum atomic E-state index is 15.0. The van der Waals surface area contributed by atoms with Crippen LogP contribution in [0, 0.1) is 5.82 Å². The topological polar surface area (TPSA) is 35.3 Å². The minimum absolute atomic E-state index is 0.316. The van der Waals surface area contributed by atoms with Crippen LogP contribution in [-0.4, -0.2) is 11.6 Å². The Labute approximate surface area is 182 Å². The molecular weight excluding hydrogens is 389 g/mol. The average molecular weight is 418 g/mol. The summed E-state index contributed by atoms with van der Waals surface area (Å²) in [5, 5.41) is 0. The fourth-order valence-electron chi connectivity index (χ4n) is 3.77. The Kier molecular flexibility index (Phi) is 6.98. The quantitative estimate of drug-likeness (QED) is 0.245. The fraction of sp³-hybridized carbons (Fsp3) is 0.296. The molecule has 31 heavy (non-hydrogen) atoms. The Bertz CT molecular complexity index is 1100. The number of benzene rings is 3. The molecule has 0 radical (unpaired) electrons. The zero-order valence-corrected chi connectivity index (χ0v) is 17.9. The maximum Gasteiger partial charge on any atom is 0.227 e. The number of para-hydroxylation sites is 2. The number of unbranched alkanes of at least 4 members (excludes halogenated alkanes) is 5. The smallest absolute Gasteiger partial charge is 0.227 e. The SMILES string of the molecule is CCCCCCCCOc1ccc(-c2ccccc2-c2nc3ccccc3o2)c(F)c1. The van der Waals surface area contributed by atoms with Gasteiger partial charge in [-0.1, -0.05) is 69.4 Å². The van der Waals surface area contributed by atoms with E-state index in [1.54, 1.807) is 6.07 Å². The first kappa shape index (κ1) is 21.1. The lowest BCUT2D eigenvalue weighted by Crippen LogP contribution is -1.98. The molecule has 0 saturated heterocycles. The van der Waals surface area contributed by atoms with Crippen molar-refractivity contribution in [3.63, 3.8) is 0 Å². The average Bonchev–Trinajstić information content (AvgIpc) is 3.23. The van der Waals surface area contributed by atoms with E-state index in [0.717, 1.165) is 29.5 Å². The second kappa shape index (κ2) is 10.3. The van der Waals surface area contributed by atoms with Crippen LogP contribution >= 0.6 is 0 Å². The van der Waals surface area contributed by atoms with Crippen LogP contribution in [-0.2, 0) is 0 Å². The highest BCUT2D eigenvalue weighted by atomic mass is 19.1. The Balaban J connectivity index is 1.49. The van der Waals surface area contributed by atoms with Crippen LogP contribution in [0.15, 0.2) is 71.1 Å². The number of rotatable bonds is 10. The third-order valence-electron chi connectivity index (χ3n) is 5.45. The Morgan fingerprint density at radius 3 is 2.35 bits per heavy atom. The number of halogens is 1. The first-order chi connectivity index (χ1) is 15.3. The van der Waals surface area contributed by atoms with Crippen LogP contribution in [0.4, 0.5) is 4.39 Å². The largest absolute Gasteiger partial charge is 0.493 e. The molecule has 3 nitrogen and oxygen atoms in total. The summed E-state index contributed by atoms with van der Waals surface area (Å²) in [6, 6.07) is 20.3. The van der Waals surface area contributed by atoms with Gasteiger partial charge >= 0.3 is 0 Å². The van der Waals surface area contributed by atoms with Crippen LogP contribution in [0.1, 0.15) is 45.4 Å². The van der Waals surface area contributed by atoms with E-state index in [-0.39, 0.29) is 5.82 Å². The molecule has 4 aromatic rings. The van der Waals surface area contributed by atoms with E-state index in [2.05, 4.69) is 11.9 Å². The summed E-state index contributed by atoms with van der Waals surface area (Å²) < 4.78 is 26.7. The number of fused-ring (bicyclic) bond motifs is 1. The van der Waals surface area contributed by atoms with Crippen molar-refractivity contribution in [3.8, 4) is 28.3 Å². The van der Waals surface area contributed by atoms with Gasteiger partial charge in [0.1, 0.15) is 17.1 Å². The molecule has 0 N–H and O–H groups in total. The van der Waals surface area contributed by atoms with Gasteiger partial charge in [0.2, 0.25) is 5.89 Å². The summed E-state index contributed by atoms with van der Waals surface area (Å²) >= 11 is 0. The Hall–Kier alpha value is -3.14. The molecule has 0 amide bonds. The zero-order valence-electron chi connectivity index (χ0n) is 17.9. The van der Waals surface area contributed by atoms with Gasteiger partial charge in [-0.2, -0.15) is 0 Å². The number of ether oxygens (including phenoxy) is 1. The molecule has 4 rings (SSSR count). The normalized spacial score (nSPS) is 11.2. The van der Waals surface area contributed by atoms with Gasteiger partial charge in [-0.3, -0.25) is 0 Å². The lowest BCUT2D eigenvalue weighted by molar-refractivity contribution is 0.303. The van der Waals surface area contributed by atoms with Crippen molar-refractivity contribution in [3.05, 3.63) is 72.5 Å². The fourth-order valence-corrected chi connectivity index (χ4v) is 3.77. The predicted octanol–water partition coefficient (Wildman–Crippen LogP) is 8.04. The summed E-state index contributed by atoms with van der Waals surface area (Å²) in [5.74, 6) is 0.734. The monoisotopic (exact) mass is 417 g/mol. The summed E-state index contributed by atoms with van der Waals surface area (Å²) in [4.78, 5) is 4.58. The van der Waals surface area contributed by atoms with Gasteiger partial charge in [-0.25, -0.2) is 9.37 Å². The zero-order chi connectivity index (χ0) is 21.5. The lowest BCUT2D eigenvalue weighted by Gasteiger charge is -2.11. The molecule has 0 atom stereocenters. The van der Waals surface area contributed by atoms with Crippen molar-refractivity contribution in [1.29, 1.82) is 0 Å². The second-order valence-corrected chi connectivity index (χ2v) is 7.79. The molecule has 0 aliphatic heterocycles. The van der Waals surface area contributed by atoms with E-state index in [0.29, 0.717) is 29.4 Å². The van der Waals surface area contributed by atoms with Crippen molar-refractivity contribution in [2.24, 2.45) is 0 Å². The van der Waals surface area contributed by atoms with Crippen molar-refractivity contribution < 1.29 is 13.5 Å². The van der Waals surface area contributed by atoms with E-state index in [1.807, 2.05) is 54.6 Å². The molecule has 1 heterocycles. The molecule has 1 aromatic heterocycles. The Morgan fingerprint density at radius 2 is 1.55 bits per heavy atom. The van der Waals surface area contributed by atoms with Gasteiger partial charge in [-0.05, 0) is 42.3 Å². The molecule has 3 aromatic carbocycles. The van der Waals surface area contributed by atoms with Crippen molar-refractivity contribution in [2.75, 3.05) is 6.61 Å². The van der Waals surface area contributed by atoms with Gasteiger partial charge in [-0.15, -0.1) is 0 Å². The third kappa shape index (κ3) is 5.13. The number of nitrogens with zero attached hydrogens (tertiary/aromatic N) is 1. The predicted molar refractivity (Wildman–Crippen MR) is 124 cm³/mol. The van der Waals surface area contributed by atoms with E-state index in [4.69, 9.17) is 9.15 Å². The highest BCUT2D eigenvalue weighted by Crippen LogP contribution is 2.35. The Morgan fingerprint density at radius 1 is 0.806 bits per heavy atom. The van der Waals surface area contributed by atoms with Gasteiger partial charge in [0.25, 0.3) is 0 Å². The third-order valence-corrected chi connectivity index (χ3v) is 5.45. The molecule has 160 valence electrons. The van der Waals surface area contributed by atoms with Crippen molar-refractivity contribution in [2.45, 2.75) is 45.4 Å². The van der Waals surface area contributed by atoms with E-state index < -0.39 is 0 Å². The van der Waals surface area contributed by atoms with Crippen LogP contribution < -0.4 is 4.74 Å². The molecule has 0 bridgehead atoms. The van der Waals surface area contributed by atoms with E-state index in [1.165, 1.54) is 31.7 Å². The van der Waals surface area contributed by atoms with Gasteiger partial charge in [0.15, 0.2) is 5.58 Å². The molecule has 0 fully saturated rings. The van der Waals surface area contributed by atoms with Crippen molar-refractivity contribution in [1.82, 2.24) is 4.98 Å². The number of hydrogen-bond acceptors (Lipinski definition) is 3. The van der Waals surface area contributed by atoms with Crippen LogP contribution in [0.2, 0.25) is 0 Å². The summed E-state index contributed by atoms with van der Waals surface area (Å²) in [5.41, 5.74) is 3.51. The molecule has 0 spiro atoms. The summed E-state index contributed by atoms with van der Waals surface area (Å²) in [6.45, 7) is 2.83. The first-order valence-corrected chi connectivity index (χ1v) is 11.1. The molecule has 0 aliphatic rings. The highest BCUT2D eigenvalue weighted by molar-refractivity contribution is 5.84. The van der Waals surface area contributed by atoms with Crippen molar-refractivity contribution >= 4 is 11.1 Å². The maximum absolute atomic E-state index is 15.0. The highest BCUT2D eigenvalue weighted by Gasteiger charge is 2.16. The minimum Gasteiger partial charge on any atom is -0.493 e. The number of oxazole rings is 1. The molecular formula is C27H28FNO2. The first-order valence-electron chi connectivity index (χ1n) is 11.1. The molecule has 0 aliphatic carbocycles. The van der Waals surface area contributed by atoms with Gasteiger partial charge in [0, 0.05) is 17.2 Å². The number of hydrogen-bond donors (Lipinski definition) is 0. The van der Waals surface area contributed by atoms with E-state index in [9.17, 15) is 0 Å². The summed E-state index contributed by atoms with van der Waals surface area (Å²) in [6.07, 6.45) is 7.19. The lowest BCUT2D eigenvalue weighted by atomic mass is 9.99. The number of aromatic nitrogens is 1. The molecule has 0 saturated carbocycles. The van der Waals surface area contributed by atoms with Gasteiger partial charge in [0.05, 0.1) is 6.61 Å². The van der Waals surface area contributed by atoms with Gasteiger partial charge < -0.3 is 9.15 Å². The standard InChI is InChI=1S/C27H28FNO2/c1-2-3-4-5-6-11-18-30-20-16-17-22(24(28)19-20)21-12-7-8-13-23(21)27-29-25-14-9-10-15-26(25)31-27/h7-10,12-17,19H,2-6,11,18H2,1H3. The second-order valence-electron chi connectivity index (χ2n) is 7.79. The minimum atomic E-state index is -0.316. The summed E-state index contributed by atoms with van der Waals surface area (Å²) in [7, 11) is 0.